The van der Waals surface area contributed by atoms with Crippen LogP contribution in [0, 0.1) is 0 Å². The number of nitrogens with zero attached hydrogens (tertiary/aromatic N) is 7. The maximum absolute atomic E-state index is 14.4. The van der Waals surface area contributed by atoms with Gasteiger partial charge in [-0.25, -0.2) is 9.97 Å². The molecule has 10 rings (SSSR count). The van der Waals surface area contributed by atoms with Crippen LogP contribution in [0.3, 0.4) is 0 Å². The number of nitrogens with one attached hydrogen (secondary N) is 7. The van der Waals surface area contributed by atoms with Gasteiger partial charge in [0.25, 0.3) is 17.7 Å². The van der Waals surface area contributed by atoms with E-state index in [0.717, 1.165) is 75.8 Å². The van der Waals surface area contributed by atoms with E-state index in [4.69, 9.17) is 19.4 Å². The second kappa shape index (κ2) is 26.5. The summed E-state index contributed by atoms with van der Waals surface area (Å²) in [6, 6.07) is 34.8. The summed E-state index contributed by atoms with van der Waals surface area (Å²) < 4.78 is 11.3. The Kier molecular flexibility index (Phi) is 18.0. The van der Waals surface area contributed by atoms with Crippen LogP contribution in [-0.2, 0) is 19.2 Å². The Morgan fingerprint density at radius 1 is 0.561 bits per heavy atom. The maximum atomic E-state index is 14.4. The van der Waals surface area contributed by atoms with Gasteiger partial charge in [0.2, 0.25) is 11.8 Å². The first-order chi connectivity index (χ1) is 40.0. The first kappa shape index (κ1) is 55.6. The number of imidazole rings is 2. The molecule has 1 fully saturated rings. The van der Waals surface area contributed by atoms with E-state index in [9.17, 15) is 29.1 Å². The van der Waals surface area contributed by atoms with Crippen molar-refractivity contribution in [2.75, 3.05) is 104 Å². The zero-order valence-electron chi connectivity index (χ0n) is 45.4. The Balaban J connectivity index is 0.752. The van der Waals surface area contributed by atoms with Gasteiger partial charge in [-0.2, -0.15) is 0 Å². The number of carbonyl (C=O) groups is 5. The lowest BCUT2D eigenvalue weighted by atomic mass is 10.1. The van der Waals surface area contributed by atoms with Gasteiger partial charge in [-0.15, -0.1) is 0 Å². The highest BCUT2D eigenvalue weighted by atomic mass is 16.5. The second-order valence-corrected chi connectivity index (χ2v) is 19.9. The largest absolute Gasteiger partial charge is 0.508 e. The van der Waals surface area contributed by atoms with Gasteiger partial charge in [0, 0.05) is 131 Å². The van der Waals surface area contributed by atoms with Gasteiger partial charge in [-0.1, -0.05) is 12.1 Å². The van der Waals surface area contributed by atoms with E-state index in [1.807, 2.05) is 83.8 Å². The molecule has 5 amide bonds. The van der Waals surface area contributed by atoms with Crippen molar-refractivity contribution >= 4 is 79.1 Å². The fraction of sp³-hybridized carbons (Fsp3) is 0.283. The van der Waals surface area contributed by atoms with Gasteiger partial charge >= 0.3 is 0 Å². The number of phenolic OH excluding ortho intramolecular Hbond substituents is 1. The van der Waals surface area contributed by atoms with Crippen molar-refractivity contribution in [3.8, 4) is 40.0 Å². The zero-order valence-corrected chi connectivity index (χ0v) is 45.4. The minimum Gasteiger partial charge on any atom is -0.508 e. The monoisotopic (exact) mass is 1110 g/mol. The van der Waals surface area contributed by atoms with Gasteiger partial charge in [0.05, 0.1) is 33.1 Å². The van der Waals surface area contributed by atoms with E-state index in [-0.39, 0.29) is 107 Å². The van der Waals surface area contributed by atoms with Crippen molar-refractivity contribution in [1.29, 1.82) is 0 Å². The summed E-state index contributed by atoms with van der Waals surface area (Å²) in [7, 11) is 2.09. The van der Waals surface area contributed by atoms with E-state index >= 15 is 0 Å². The third-order valence-corrected chi connectivity index (χ3v) is 14.0. The predicted octanol–water partition coefficient (Wildman–Crippen LogP) is 4.76. The molecule has 422 valence electrons. The molecule has 1 saturated heterocycles. The normalized spacial score (nSPS) is 12.7. The number of amides is 5. The Morgan fingerprint density at radius 2 is 1.11 bits per heavy atom. The van der Waals surface area contributed by atoms with Crippen LogP contribution < -0.4 is 41.0 Å². The number of benzene rings is 5. The standard InChI is InChI=1S/C60H64N14O8/c1-72-28-30-74(31-29-72)43-35-47(57-52(36-43)70-59(71-57)42-8-13-50-51(34-42)69-58(68-50)39-6-9-44(75)10-7-39)60(80)67-24-27-73(25-16-53(76)63-20-22-65-55(78)37-81-45-11-14-48-40(32-45)4-2-18-61-48)26-17-54(77)64-21-23-66-56(79)38-82-46-12-15-49-41(33-46)5-3-19-62-49/h2-15,18-19,32-36,75H,16-17,20-31,37-38H2,1H3,(H,63,76)(H,64,77)(H,65,78)(H,66,79)(H,67,80)(H,68,69)(H,70,71). The number of aromatic amines is 2. The van der Waals surface area contributed by atoms with Crippen LogP contribution in [0.4, 0.5) is 5.69 Å². The SMILES string of the molecule is CN1CCN(c2cc(C(=O)NCCN(CCC(=O)NCCNC(=O)COc3ccc4ncccc4c3)CCC(=O)NCCNC(=O)COc3ccc4ncccc4c3)c3nc(-c4ccc5nc(-c6ccc(O)cc6)[nH]c5c4)[nH]c3c2)CC1. The number of piperazine rings is 1. The molecule has 0 spiro atoms. The van der Waals surface area contributed by atoms with Crippen LogP contribution in [0.1, 0.15) is 23.2 Å². The van der Waals surface area contributed by atoms with Crippen LogP contribution in [0.25, 0.3) is 66.6 Å². The predicted molar refractivity (Wildman–Crippen MR) is 313 cm³/mol. The Bertz CT molecular complexity index is 3610. The molecule has 8 N–H and O–H groups in total. The number of fused-ring (bicyclic) bond motifs is 4. The van der Waals surface area contributed by atoms with Gasteiger partial charge in [0.1, 0.15) is 34.4 Å². The molecule has 4 aromatic heterocycles. The average molecular weight is 1110 g/mol. The lowest BCUT2D eigenvalue weighted by Gasteiger charge is -2.34. The van der Waals surface area contributed by atoms with Crippen molar-refractivity contribution in [2.24, 2.45) is 0 Å². The van der Waals surface area contributed by atoms with E-state index < -0.39 is 0 Å². The first-order valence-corrected chi connectivity index (χ1v) is 27.3. The fourth-order valence-corrected chi connectivity index (χ4v) is 9.52. The van der Waals surface area contributed by atoms with Crippen molar-refractivity contribution in [2.45, 2.75) is 12.8 Å². The molecule has 1 aliphatic rings. The van der Waals surface area contributed by atoms with Gasteiger partial charge in [-0.05, 0) is 110 Å². The summed E-state index contributed by atoms with van der Waals surface area (Å²) in [5.74, 6) is 0.947. The van der Waals surface area contributed by atoms with E-state index in [0.29, 0.717) is 46.3 Å². The van der Waals surface area contributed by atoms with Gasteiger partial charge < -0.3 is 65.8 Å². The summed E-state index contributed by atoms with van der Waals surface area (Å²) in [5.41, 5.74) is 7.29. The van der Waals surface area contributed by atoms with Crippen molar-refractivity contribution in [3.63, 3.8) is 0 Å². The minimum absolute atomic E-state index is 0.0832. The number of aromatic hydroxyl groups is 1. The molecule has 82 heavy (non-hydrogen) atoms. The van der Waals surface area contributed by atoms with Crippen LogP contribution in [-0.4, -0.2) is 173 Å². The number of H-pyrrole nitrogens is 2. The van der Waals surface area contributed by atoms with Gasteiger partial charge in [-0.3, -0.25) is 33.9 Å². The summed E-state index contributed by atoms with van der Waals surface area (Å²) in [6.45, 7) is 4.67. The number of anilines is 1. The van der Waals surface area contributed by atoms with E-state index in [2.05, 4.69) is 63.4 Å². The number of pyridine rings is 2. The lowest BCUT2D eigenvalue weighted by molar-refractivity contribution is -0.124. The number of ether oxygens (including phenoxy) is 2. The average Bonchev–Trinajstić information content (AvgIpc) is 4.14. The molecule has 5 heterocycles. The molecule has 0 aliphatic carbocycles. The topological polar surface area (TPSA) is 277 Å². The van der Waals surface area contributed by atoms with E-state index in [1.54, 1.807) is 48.8 Å². The number of hydrogen-bond donors (Lipinski definition) is 8. The van der Waals surface area contributed by atoms with Crippen LogP contribution in [0.5, 0.6) is 17.2 Å². The molecule has 22 heteroatoms. The lowest BCUT2D eigenvalue weighted by Crippen LogP contribution is -2.44. The number of aromatic nitrogens is 6. The molecule has 9 aromatic rings. The number of carbonyl (C=O) groups excluding carboxylic acids is 5. The van der Waals surface area contributed by atoms with E-state index in [1.165, 1.54) is 0 Å². The van der Waals surface area contributed by atoms with Crippen molar-refractivity contribution in [1.82, 2.24) is 66.3 Å². The molecule has 0 saturated carbocycles. The minimum atomic E-state index is -0.341. The van der Waals surface area contributed by atoms with Gasteiger partial charge in [0.15, 0.2) is 13.2 Å². The molecule has 22 nitrogen and oxygen atoms in total. The third kappa shape index (κ3) is 14.8. The summed E-state index contributed by atoms with van der Waals surface area (Å²) in [6.07, 6.45) is 3.58. The molecular formula is C60H64N14O8. The molecule has 1 aliphatic heterocycles. The Labute approximate surface area is 472 Å². The molecule has 0 atom stereocenters. The summed E-state index contributed by atoms with van der Waals surface area (Å²) in [5, 5.41) is 25.9. The number of phenols is 1. The van der Waals surface area contributed by atoms with Crippen molar-refractivity contribution in [3.05, 3.63) is 133 Å². The highest BCUT2D eigenvalue weighted by Crippen LogP contribution is 2.31. The molecule has 0 unspecified atom stereocenters. The highest BCUT2D eigenvalue weighted by Gasteiger charge is 2.22. The number of hydrogen-bond acceptors (Lipinski definition) is 15. The van der Waals surface area contributed by atoms with Crippen LogP contribution in [0.2, 0.25) is 0 Å². The number of likely N-dealkylation sites (N-methyl/N-ethyl adjacent to an activating group) is 1. The molecule has 0 bridgehead atoms. The maximum Gasteiger partial charge on any atom is 0.258 e. The first-order valence-electron chi connectivity index (χ1n) is 27.3. The smallest absolute Gasteiger partial charge is 0.258 e. The van der Waals surface area contributed by atoms with Crippen LogP contribution >= 0.6 is 0 Å². The third-order valence-electron chi connectivity index (χ3n) is 14.0. The zero-order chi connectivity index (χ0) is 56.8. The number of rotatable bonds is 25. The molecule has 0 radical (unpaired) electrons. The summed E-state index contributed by atoms with van der Waals surface area (Å²) in [4.78, 5) is 97.5. The van der Waals surface area contributed by atoms with Crippen LogP contribution in [0.15, 0.2) is 128 Å². The highest BCUT2D eigenvalue weighted by molar-refractivity contribution is 6.07. The second-order valence-electron chi connectivity index (χ2n) is 19.9. The quantitative estimate of drug-likeness (QED) is 0.0359. The summed E-state index contributed by atoms with van der Waals surface area (Å²) >= 11 is 0. The molecule has 5 aromatic carbocycles. The fourth-order valence-electron chi connectivity index (χ4n) is 9.52. The Morgan fingerprint density at radius 3 is 1.72 bits per heavy atom. The molecular weight excluding hydrogens is 1040 g/mol. The van der Waals surface area contributed by atoms with Crippen molar-refractivity contribution < 1.29 is 38.6 Å². The Hall–Kier alpha value is -9.67.